The molecular formula is C16H27N3O3S. The molecule has 6 nitrogen and oxygen atoms in total. The van der Waals surface area contributed by atoms with Gasteiger partial charge in [-0.25, -0.2) is 4.79 Å². The molecule has 0 bridgehead atoms. The van der Waals surface area contributed by atoms with Crippen molar-refractivity contribution >= 4 is 23.4 Å². The number of aryl methyl sites for hydroxylation is 1. The topological polar surface area (TPSA) is 92.2 Å². The van der Waals surface area contributed by atoms with Crippen molar-refractivity contribution in [3.8, 4) is 0 Å². The molecular weight excluding hydrogens is 314 g/mol. The first-order chi connectivity index (χ1) is 11.0. The van der Waals surface area contributed by atoms with E-state index >= 15 is 0 Å². The lowest BCUT2D eigenvalue weighted by atomic mass is 9.89. The van der Waals surface area contributed by atoms with Gasteiger partial charge in [-0.2, -0.15) is 0 Å². The van der Waals surface area contributed by atoms with E-state index in [0.717, 1.165) is 36.8 Å². The number of nitrogens with one attached hydrogen (secondary N) is 1. The van der Waals surface area contributed by atoms with Gasteiger partial charge in [0.25, 0.3) is 0 Å². The molecule has 7 heteroatoms. The Morgan fingerprint density at radius 1 is 1.30 bits per heavy atom. The third kappa shape index (κ3) is 8.06. The predicted molar refractivity (Wildman–Crippen MR) is 90.7 cm³/mol. The molecule has 1 saturated carbocycles. The molecule has 0 unspecified atom stereocenters. The molecule has 1 aliphatic carbocycles. The molecule has 23 heavy (non-hydrogen) atoms. The van der Waals surface area contributed by atoms with Crippen LogP contribution in [-0.4, -0.2) is 33.1 Å². The normalized spacial score (nSPS) is 14.7. The zero-order valence-corrected chi connectivity index (χ0v) is 14.8. The van der Waals surface area contributed by atoms with E-state index in [2.05, 4.69) is 21.8 Å². The monoisotopic (exact) mass is 341 g/mol. The second-order valence-electron chi connectivity index (χ2n) is 5.90. The van der Waals surface area contributed by atoms with Crippen LogP contribution in [0.5, 0.6) is 0 Å². The molecule has 1 fully saturated rings. The van der Waals surface area contributed by atoms with Gasteiger partial charge in [0.2, 0.25) is 5.91 Å². The fourth-order valence-corrected chi connectivity index (χ4v) is 3.00. The van der Waals surface area contributed by atoms with Gasteiger partial charge in [0.15, 0.2) is 4.88 Å². The van der Waals surface area contributed by atoms with Crippen molar-refractivity contribution in [3.63, 3.8) is 0 Å². The number of aromatic nitrogens is 2. The molecule has 0 saturated heterocycles. The Morgan fingerprint density at radius 2 is 2.00 bits per heavy atom. The second-order valence-corrected chi connectivity index (χ2v) is 6.66. The number of carbonyl (C=O) groups is 2. The third-order valence-corrected chi connectivity index (χ3v) is 4.73. The summed E-state index contributed by atoms with van der Waals surface area (Å²) in [5.41, 5.74) is 0.479. The van der Waals surface area contributed by atoms with Crippen molar-refractivity contribution in [2.75, 3.05) is 6.54 Å². The molecule has 1 amide bonds. The Morgan fingerprint density at radius 3 is 2.48 bits per heavy atom. The lowest BCUT2D eigenvalue weighted by Gasteiger charge is -2.21. The number of rotatable bonds is 6. The molecule has 0 atom stereocenters. The average Bonchev–Trinajstić information content (AvgIpc) is 2.99. The van der Waals surface area contributed by atoms with Crippen LogP contribution in [0, 0.1) is 12.8 Å². The van der Waals surface area contributed by atoms with E-state index in [4.69, 9.17) is 5.11 Å². The number of aromatic carboxylic acids is 1. The summed E-state index contributed by atoms with van der Waals surface area (Å²) in [5, 5.41) is 15.0. The molecule has 1 aromatic rings. The molecule has 0 aliphatic heterocycles. The summed E-state index contributed by atoms with van der Waals surface area (Å²) in [6, 6.07) is 0. The number of unbranched alkanes of at least 4 members (excludes halogenated alkanes) is 1. The lowest BCUT2D eigenvalue weighted by Crippen LogP contribution is -2.29. The summed E-state index contributed by atoms with van der Waals surface area (Å²) in [5.74, 6) is 0.0502. The van der Waals surface area contributed by atoms with Gasteiger partial charge in [0.05, 0.1) is 5.69 Å². The van der Waals surface area contributed by atoms with Gasteiger partial charge in [-0.05, 0) is 43.6 Å². The maximum Gasteiger partial charge on any atom is 0.349 e. The first-order valence-corrected chi connectivity index (χ1v) is 9.10. The van der Waals surface area contributed by atoms with Gasteiger partial charge in [-0.15, -0.1) is 5.10 Å². The predicted octanol–water partition coefficient (Wildman–Crippen LogP) is 3.42. The molecule has 2 N–H and O–H groups in total. The quantitative estimate of drug-likeness (QED) is 0.827. The van der Waals surface area contributed by atoms with E-state index in [1.165, 1.54) is 32.1 Å². The van der Waals surface area contributed by atoms with Crippen LogP contribution in [0.3, 0.4) is 0 Å². The van der Waals surface area contributed by atoms with Crippen LogP contribution in [0.2, 0.25) is 0 Å². The van der Waals surface area contributed by atoms with Crippen molar-refractivity contribution in [1.82, 2.24) is 14.9 Å². The molecule has 1 aromatic heterocycles. The Labute approximate surface area is 141 Å². The minimum Gasteiger partial charge on any atom is -0.477 e. The van der Waals surface area contributed by atoms with E-state index in [-0.39, 0.29) is 10.8 Å². The number of hydrogen-bond acceptors (Lipinski definition) is 5. The first kappa shape index (κ1) is 19.5. The van der Waals surface area contributed by atoms with E-state index < -0.39 is 5.97 Å². The number of carbonyl (C=O) groups excluding carboxylic acids is 1. The molecule has 1 aliphatic rings. The van der Waals surface area contributed by atoms with Gasteiger partial charge >= 0.3 is 5.97 Å². The van der Waals surface area contributed by atoms with Crippen LogP contribution < -0.4 is 5.32 Å². The highest BCUT2D eigenvalue weighted by molar-refractivity contribution is 7.07. The lowest BCUT2D eigenvalue weighted by molar-refractivity contribution is -0.121. The number of carboxylic acids is 1. The Kier molecular flexibility index (Phi) is 9.43. The van der Waals surface area contributed by atoms with Crippen LogP contribution in [0.25, 0.3) is 0 Å². The standard InChI is InChI=1S/C12H23NO.C4H4N2O2S/c1-2-3-9-12(14)13-10-11-7-5-4-6-8-11;1-2-3(4(7)8)9-6-5-2/h11H,2-10H2,1H3,(H,13,14);1H3,(H,7,8). The van der Waals surface area contributed by atoms with Gasteiger partial charge in [0, 0.05) is 13.0 Å². The van der Waals surface area contributed by atoms with Gasteiger partial charge in [-0.3, -0.25) is 4.79 Å². The Bertz CT molecular complexity index is 485. The van der Waals surface area contributed by atoms with Crippen molar-refractivity contribution < 1.29 is 14.7 Å². The van der Waals surface area contributed by atoms with Crippen LogP contribution >= 0.6 is 11.5 Å². The summed E-state index contributed by atoms with van der Waals surface area (Å²) in [7, 11) is 0. The van der Waals surface area contributed by atoms with Crippen molar-refractivity contribution in [2.24, 2.45) is 5.92 Å². The molecule has 0 radical (unpaired) electrons. The highest BCUT2D eigenvalue weighted by Gasteiger charge is 2.13. The zero-order valence-electron chi connectivity index (χ0n) is 14.0. The van der Waals surface area contributed by atoms with Crippen molar-refractivity contribution in [1.29, 1.82) is 0 Å². The summed E-state index contributed by atoms with van der Waals surface area (Å²) in [6.07, 6.45) is 9.57. The third-order valence-electron chi connectivity index (χ3n) is 3.92. The highest BCUT2D eigenvalue weighted by Crippen LogP contribution is 2.22. The maximum absolute atomic E-state index is 11.3. The van der Waals surface area contributed by atoms with E-state index in [9.17, 15) is 9.59 Å². The zero-order chi connectivity index (χ0) is 17.1. The van der Waals surface area contributed by atoms with Crippen LogP contribution in [0.15, 0.2) is 0 Å². The summed E-state index contributed by atoms with van der Waals surface area (Å²) in [6.45, 7) is 4.66. The minimum absolute atomic E-state index is 0.218. The van der Waals surface area contributed by atoms with Crippen LogP contribution in [0.4, 0.5) is 0 Å². The molecule has 130 valence electrons. The fourth-order valence-electron chi connectivity index (χ4n) is 2.50. The van der Waals surface area contributed by atoms with Crippen molar-refractivity contribution in [3.05, 3.63) is 10.6 Å². The molecule has 2 rings (SSSR count). The average molecular weight is 341 g/mol. The first-order valence-electron chi connectivity index (χ1n) is 8.33. The second kappa shape index (κ2) is 11.1. The summed E-state index contributed by atoms with van der Waals surface area (Å²) in [4.78, 5) is 21.8. The van der Waals surface area contributed by atoms with Crippen LogP contribution in [-0.2, 0) is 4.79 Å². The molecule has 0 spiro atoms. The van der Waals surface area contributed by atoms with E-state index in [0.29, 0.717) is 12.1 Å². The highest BCUT2D eigenvalue weighted by atomic mass is 32.1. The molecule has 0 aromatic carbocycles. The van der Waals surface area contributed by atoms with Crippen molar-refractivity contribution in [2.45, 2.75) is 65.2 Å². The molecule has 1 heterocycles. The van der Waals surface area contributed by atoms with Crippen LogP contribution in [0.1, 0.15) is 73.7 Å². The van der Waals surface area contributed by atoms with Gasteiger partial charge < -0.3 is 10.4 Å². The van der Waals surface area contributed by atoms with E-state index in [1.807, 2.05) is 0 Å². The SMILES string of the molecule is CCCCC(=O)NCC1CCCCC1.Cc1nnsc1C(=O)O. The number of amides is 1. The van der Waals surface area contributed by atoms with Gasteiger partial charge in [-0.1, -0.05) is 37.1 Å². The number of carboxylic acid groups (broad SMARTS) is 1. The van der Waals surface area contributed by atoms with E-state index in [1.54, 1.807) is 6.92 Å². The number of hydrogen-bond donors (Lipinski definition) is 2. The minimum atomic E-state index is -0.956. The summed E-state index contributed by atoms with van der Waals surface area (Å²) >= 11 is 0.897. The Hall–Kier alpha value is -1.50. The summed E-state index contributed by atoms with van der Waals surface area (Å²) < 4.78 is 3.45. The Balaban J connectivity index is 0.000000253. The van der Waals surface area contributed by atoms with Gasteiger partial charge in [0.1, 0.15) is 0 Å². The largest absolute Gasteiger partial charge is 0.477 e. The fraction of sp³-hybridized carbons (Fsp3) is 0.750. The smallest absolute Gasteiger partial charge is 0.349 e. The maximum atomic E-state index is 11.3. The number of nitrogens with zero attached hydrogens (tertiary/aromatic N) is 2.